The predicted molar refractivity (Wildman–Crippen MR) is 73.2 cm³/mol. The highest BCUT2D eigenvalue weighted by Gasteiger charge is 2.00. The minimum absolute atomic E-state index is 0.524. The van der Waals surface area contributed by atoms with Crippen LogP contribution in [0.4, 0.5) is 16.2 Å². The summed E-state index contributed by atoms with van der Waals surface area (Å²) in [5.41, 5.74) is 3.20. The normalized spacial score (nSPS) is 9.68. The van der Waals surface area contributed by atoms with Gasteiger partial charge >= 0.3 is 6.09 Å². The Morgan fingerprint density at radius 1 is 0.895 bits per heavy atom. The SMILES string of the molecule is O=CNc1ccc(-c2ccc(NC(=O)O)cc2)cc1. The van der Waals surface area contributed by atoms with Gasteiger partial charge in [-0.05, 0) is 35.4 Å². The summed E-state index contributed by atoms with van der Waals surface area (Å²) >= 11 is 0. The van der Waals surface area contributed by atoms with Gasteiger partial charge in [-0.2, -0.15) is 0 Å². The Bertz CT molecular complexity index is 577. The fourth-order valence-corrected chi connectivity index (χ4v) is 1.70. The van der Waals surface area contributed by atoms with Crippen molar-refractivity contribution in [3.05, 3.63) is 48.5 Å². The lowest BCUT2D eigenvalue weighted by Gasteiger charge is -2.05. The smallest absolute Gasteiger partial charge is 0.409 e. The van der Waals surface area contributed by atoms with Crippen molar-refractivity contribution in [3.63, 3.8) is 0 Å². The van der Waals surface area contributed by atoms with E-state index in [0.717, 1.165) is 16.8 Å². The molecule has 5 nitrogen and oxygen atoms in total. The van der Waals surface area contributed by atoms with Crippen LogP contribution in [0, 0.1) is 0 Å². The quantitative estimate of drug-likeness (QED) is 0.736. The number of nitrogens with one attached hydrogen (secondary N) is 2. The van der Waals surface area contributed by atoms with Crippen LogP contribution in [-0.4, -0.2) is 17.6 Å². The number of anilines is 2. The van der Waals surface area contributed by atoms with E-state index in [1.54, 1.807) is 24.3 Å². The van der Waals surface area contributed by atoms with Crippen molar-refractivity contribution in [2.45, 2.75) is 0 Å². The zero-order chi connectivity index (χ0) is 13.7. The highest BCUT2D eigenvalue weighted by Crippen LogP contribution is 2.23. The van der Waals surface area contributed by atoms with Gasteiger partial charge in [0.2, 0.25) is 6.41 Å². The summed E-state index contributed by atoms with van der Waals surface area (Å²) in [6, 6.07) is 14.4. The van der Waals surface area contributed by atoms with Crippen LogP contribution in [0.2, 0.25) is 0 Å². The molecule has 0 radical (unpaired) electrons. The Hall–Kier alpha value is -2.82. The summed E-state index contributed by atoms with van der Waals surface area (Å²) in [6.45, 7) is 0. The van der Waals surface area contributed by atoms with E-state index in [2.05, 4.69) is 10.6 Å². The monoisotopic (exact) mass is 256 g/mol. The van der Waals surface area contributed by atoms with Gasteiger partial charge in [-0.3, -0.25) is 10.1 Å². The van der Waals surface area contributed by atoms with Gasteiger partial charge in [-0.25, -0.2) is 4.79 Å². The molecule has 0 fully saturated rings. The molecule has 2 amide bonds. The summed E-state index contributed by atoms with van der Waals surface area (Å²) in [5, 5.41) is 13.4. The van der Waals surface area contributed by atoms with Crippen LogP contribution in [0.5, 0.6) is 0 Å². The zero-order valence-electron chi connectivity index (χ0n) is 9.96. The van der Waals surface area contributed by atoms with Gasteiger partial charge in [-0.1, -0.05) is 24.3 Å². The van der Waals surface area contributed by atoms with Crippen molar-refractivity contribution in [2.75, 3.05) is 10.6 Å². The van der Waals surface area contributed by atoms with Gasteiger partial charge in [0.25, 0.3) is 0 Å². The lowest BCUT2D eigenvalue weighted by Crippen LogP contribution is -2.06. The lowest BCUT2D eigenvalue weighted by molar-refractivity contribution is -0.105. The van der Waals surface area contributed by atoms with Gasteiger partial charge in [-0.15, -0.1) is 0 Å². The van der Waals surface area contributed by atoms with E-state index >= 15 is 0 Å². The molecular weight excluding hydrogens is 244 g/mol. The Balaban J connectivity index is 2.17. The third-order valence-electron chi connectivity index (χ3n) is 2.58. The highest BCUT2D eigenvalue weighted by molar-refractivity contribution is 5.83. The largest absolute Gasteiger partial charge is 0.465 e. The maximum Gasteiger partial charge on any atom is 0.409 e. The summed E-state index contributed by atoms with van der Waals surface area (Å²) in [5.74, 6) is 0. The molecule has 0 unspecified atom stereocenters. The number of hydrogen-bond acceptors (Lipinski definition) is 2. The predicted octanol–water partition coefficient (Wildman–Crippen LogP) is 3.01. The molecule has 0 atom stereocenters. The molecule has 0 spiro atoms. The third kappa shape index (κ3) is 3.32. The van der Waals surface area contributed by atoms with E-state index in [4.69, 9.17) is 5.11 Å². The Morgan fingerprint density at radius 3 is 1.79 bits per heavy atom. The number of hydrogen-bond donors (Lipinski definition) is 3. The highest BCUT2D eigenvalue weighted by atomic mass is 16.4. The number of amides is 2. The molecule has 96 valence electrons. The fraction of sp³-hybridized carbons (Fsp3) is 0. The second-order valence-electron chi connectivity index (χ2n) is 3.85. The number of carboxylic acid groups (broad SMARTS) is 1. The van der Waals surface area contributed by atoms with Gasteiger partial charge < -0.3 is 10.4 Å². The van der Waals surface area contributed by atoms with Crippen molar-refractivity contribution in [1.82, 2.24) is 0 Å². The summed E-state index contributed by atoms with van der Waals surface area (Å²) in [7, 11) is 0. The van der Waals surface area contributed by atoms with Crippen LogP contribution in [0.1, 0.15) is 0 Å². The molecule has 2 aromatic rings. The summed E-state index contributed by atoms with van der Waals surface area (Å²) in [6.07, 6.45) is -0.460. The minimum Gasteiger partial charge on any atom is -0.465 e. The Morgan fingerprint density at radius 2 is 1.37 bits per heavy atom. The van der Waals surface area contributed by atoms with Gasteiger partial charge in [0, 0.05) is 11.4 Å². The molecule has 5 heteroatoms. The molecule has 2 rings (SSSR count). The van der Waals surface area contributed by atoms with E-state index in [9.17, 15) is 9.59 Å². The number of benzene rings is 2. The fourth-order valence-electron chi connectivity index (χ4n) is 1.70. The first kappa shape index (κ1) is 12.6. The Labute approximate surface area is 109 Å². The number of rotatable bonds is 4. The Kier molecular flexibility index (Phi) is 3.78. The molecule has 0 aliphatic heterocycles. The zero-order valence-corrected chi connectivity index (χ0v) is 9.96. The van der Waals surface area contributed by atoms with Crippen LogP contribution >= 0.6 is 0 Å². The van der Waals surface area contributed by atoms with E-state index in [1.807, 2.05) is 24.3 Å². The second-order valence-corrected chi connectivity index (χ2v) is 3.85. The van der Waals surface area contributed by atoms with Crippen LogP contribution in [0.15, 0.2) is 48.5 Å². The summed E-state index contributed by atoms with van der Waals surface area (Å²) in [4.78, 5) is 20.8. The first-order valence-electron chi connectivity index (χ1n) is 5.59. The van der Waals surface area contributed by atoms with Gasteiger partial charge in [0.1, 0.15) is 0 Å². The maximum atomic E-state index is 10.5. The van der Waals surface area contributed by atoms with Crippen LogP contribution < -0.4 is 10.6 Å². The lowest BCUT2D eigenvalue weighted by atomic mass is 10.1. The molecule has 0 bridgehead atoms. The topological polar surface area (TPSA) is 78.4 Å². The molecule has 19 heavy (non-hydrogen) atoms. The standard InChI is InChI=1S/C14H12N2O3/c17-9-15-12-5-1-10(2-6-12)11-3-7-13(8-4-11)16-14(18)19/h1-9,16H,(H,15,17)(H,18,19). The van der Waals surface area contributed by atoms with Crippen LogP contribution in [0.25, 0.3) is 11.1 Å². The van der Waals surface area contributed by atoms with E-state index in [1.165, 1.54) is 0 Å². The first-order chi connectivity index (χ1) is 9.19. The average molecular weight is 256 g/mol. The van der Waals surface area contributed by atoms with E-state index in [-0.39, 0.29) is 0 Å². The molecule has 3 N–H and O–H groups in total. The van der Waals surface area contributed by atoms with Gasteiger partial charge in [0.05, 0.1) is 0 Å². The number of carbonyl (C=O) groups excluding carboxylic acids is 1. The average Bonchev–Trinajstić information content (AvgIpc) is 2.40. The molecule has 0 aromatic heterocycles. The van der Waals surface area contributed by atoms with Crippen molar-refractivity contribution in [1.29, 1.82) is 0 Å². The molecule has 2 aromatic carbocycles. The van der Waals surface area contributed by atoms with Crippen molar-refractivity contribution < 1.29 is 14.7 Å². The van der Waals surface area contributed by atoms with Crippen LogP contribution in [0.3, 0.4) is 0 Å². The molecule has 0 saturated carbocycles. The maximum absolute atomic E-state index is 10.5. The molecule has 0 saturated heterocycles. The minimum atomic E-state index is -1.09. The van der Waals surface area contributed by atoms with Gasteiger partial charge in [0.15, 0.2) is 0 Å². The molecule has 0 aliphatic rings. The molecular formula is C14H12N2O3. The van der Waals surface area contributed by atoms with Crippen molar-refractivity contribution in [2.24, 2.45) is 0 Å². The summed E-state index contributed by atoms with van der Waals surface area (Å²) < 4.78 is 0. The molecule has 0 aliphatic carbocycles. The van der Waals surface area contributed by atoms with Crippen LogP contribution in [-0.2, 0) is 4.79 Å². The first-order valence-corrected chi connectivity index (χ1v) is 5.59. The van der Waals surface area contributed by atoms with E-state index < -0.39 is 6.09 Å². The second kappa shape index (κ2) is 5.68. The molecule has 0 heterocycles. The van der Waals surface area contributed by atoms with E-state index in [0.29, 0.717) is 12.1 Å². The third-order valence-corrected chi connectivity index (χ3v) is 2.58. The van der Waals surface area contributed by atoms with Crippen molar-refractivity contribution >= 4 is 23.9 Å². The number of carbonyl (C=O) groups is 2. The van der Waals surface area contributed by atoms with Crippen molar-refractivity contribution in [3.8, 4) is 11.1 Å².